The van der Waals surface area contributed by atoms with Crippen LogP contribution in [0.4, 0.5) is 0 Å². The fourth-order valence-corrected chi connectivity index (χ4v) is 2.03. The van der Waals surface area contributed by atoms with Crippen molar-refractivity contribution >= 4 is 30.7 Å². The Labute approximate surface area is 135 Å². The average molecular weight is 329 g/mol. The Morgan fingerprint density at radius 1 is 1.25 bits per heavy atom. The Kier molecular flexibility index (Phi) is 11.8. The topological polar surface area (TPSA) is 47.6 Å². The van der Waals surface area contributed by atoms with Crippen molar-refractivity contribution in [2.24, 2.45) is 0 Å². The van der Waals surface area contributed by atoms with Crippen LogP contribution in [0.3, 0.4) is 0 Å². The van der Waals surface area contributed by atoms with Crippen molar-refractivity contribution < 1.29 is 4.79 Å². The second kappa shape index (κ2) is 10.6. The molecule has 1 saturated heterocycles. The summed E-state index contributed by atoms with van der Waals surface area (Å²) >= 11 is 0. The average Bonchev–Trinajstić information content (AvgIpc) is 2.25. The Bertz CT molecular complexity index is 266. The van der Waals surface area contributed by atoms with E-state index in [4.69, 9.17) is 0 Å². The van der Waals surface area contributed by atoms with Crippen molar-refractivity contribution in [3.8, 4) is 0 Å². The lowest BCUT2D eigenvalue weighted by Crippen LogP contribution is -2.48. The summed E-state index contributed by atoms with van der Waals surface area (Å²) in [6.45, 7) is 12.9. The number of carbonyl (C=O) groups excluding carboxylic acids is 1. The first kappa shape index (κ1) is 22.2. The quantitative estimate of drug-likeness (QED) is 0.775. The van der Waals surface area contributed by atoms with E-state index in [9.17, 15) is 4.79 Å². The molecule has 1 rings (SSSR count). The highest BCUT2D eigenvalue weighted by Gasteiger charge is 2.16. The number of hydrogen-bond acceptors (Lipinski definition) is 4. The maximum absolute atomic E-state index is 11.7. The summed E-state index contributed by atoms with van der Waals surface area (Å²) in [5.41, 5.74) is -0.142. The summed E-state index contributed by atoms with van der Waals surface area (Å²) in [6.07, 6.45) is 0. The number of carbonyl (C=O) groups is 1. The summed E-state index contributed by atoms with van der Waals surface area (Å²) < 4.78 is 0. The van der Waals surface area contributed by atoms with Crippen molar-refractivity contribution in [1.82, 2.24) is 20.4 Å². The normalized spacial score (nSPS) is 16.2. The second-order valence-corrected chi connectivity index (χ2v) is 6.13. The molecule has 1 aliphatic heterocycles. The number of piperazine rings is 1. The predicted octanol–water partition coefficient (Wildman–Crippen LogP) is 0.582. The molecule has 0 unspecified atom stereocenters. The molecule has 5 nitrogen and oxygen atoms in total. The fourth-order valence-electron chi connectivity index (χ4n) is 2.03. The van der Waals surface area contributed by atoms with E-state index in [2.05, 4.69) is 20.4 Å². The number of rotatable bonds is 5. The molecule has 0 aromatic heterocycles. The molecule has 0 radical (unpaired) electrons. The minimum atomic E-state index is -0.142. The summed E-state index contributed by atoms with van der Waals surface area (Å²) in [4.78, 5) is 16.3. The Morgan fingerprint density at radius 3 is 2.30 bits per heavy atom. The van der Waals surface area contributed by atoms with Gasteiger partial charge in [0, 0.05) is 44.8 Å². The standard InChI is InChI=1S/C13H28N4O.2ClH/c1-13(2,3)15-12(18)11-16(4)9-10-17-7-5-14-6-8-17;;/h14H,5-11H2,1-4H3,(H,15,18);2*1H. The van der Waals surface area contributed by atoms with Gasteiger partial charge in [-0.25, -0.2) is 0 Å². The van der Waals surface area contributed by atoms with E-state index in [0.29, 0.717) is 6.54 Å². The molecular formula is C13H30Cl2N4O. The Hall–Kier alpha value is -0.0700. The highest BCUT2D eigenvalue weighted by molar-refractivity contribution is 5.85. The van der Waals surface area contributed by atoms with Gasteiger partial charge in [0.25, 0.3) is 0 Å². The van der Waals surface area contributed by atoms with Crippen molar-refractivity contribution in [3.63, 3.8) is 0 Å². The zero-order chi connectivity index (χ0) is 13.6. The number of nitrogens with one attached hydrogen (secondary N) is 2. The molecular weight excluding hydrogens is 299 g/mol. The smallest absolute Gasteiger partial charge is 0.234 e. The zero-order valence-electron chi connectivity index (χ0n) is 13.1. The molecule has 2 N–H and O–H groups in total. The fraction of sp³-hybridized carbons (Fsp3) is 0.923. The predicted molar refractivity (Wildman–Crippen MR) is 89.2 cm³/mol. The van der Waals surface area contributed by atoms with Crippen LogP contribution >= 0.6 is 24.8 Å². The Balaban J connectivity index is 0. The van der Waals surface area contributed by atoms with Crippen LogP contribution in [0.5, 0.6) is 0 Å². The first-order valence-electron chi connectivity index (χ1n) is 6.79. The van der Waals surface area contributed by atoms with Gasteiger partial charge in [-0.2, -0.15) is 0 Å². The SMILES string of the molecule is CN(CCN1CCNCC1)CC(=O)NC(C)(C)C.Cl.Cl. The van der Waals surface area contributed by atoms with Gasteiger partial charge in [0.1, 0.15) is 0 Å². The van der Waals surface area contributed by atoms with E-state index in [0.717, 1.165) is 39.3 Å². The first-order chi connectivity index (χ1) is 8.37. The molecule has 0 spiro atoms. The van der Waals surface area contributed by atoms with Gasteiger partial charge in [-0.15, -0.1) is 24.8 Å². The van der Waals surface area contributed by atoms with E-state index in [1.54, 1.807) is 0 Å². The number of amides is 1. The van der Waals surface area contributed by atoms with Crippen LogP contribution in [0, 0.1) is 0 Å². The summed E-state index contributed by atoms with van der Waals surface area (Å²) in [6, 6.07) is 0. The molecule has 1 heterocycles. The maximum atomic E-state index is 11.7. The van der Waals surface area contributed by atoms with Gasteiger partial charge in [0.05, 0.1) is 6.54 Å². The lowest BCUT2D eigenvalue weighted by atomic mass is 10.1. The number of likely N-dealkylation sites (N-methyl/N-ethyl adjacent to an activating group) is 1. The minimum absolute atomic E-state index is 0. The summed E-state index contributed by atoms with van der Waals surface area (Å²) in [5, 5.41) is 6.32. The summed E-state index contributed by atoms with van der Waals surface area (Å²) in [5.74, 6) is 0.102. The van der Waals surface area contributed by atoms with Crippen LogP contribution in [0.2, 0.25) is 0 Å². The van der Waals surface area contributed by atoms with Gasteiger partial charge < -0.3 is 10.6 Å². The molecule has 1 amide bonds. The zero-order valence-corrected chi connectivity index (χ0v) is 14.7. The van der Waals surface area contributed by atoms with Crippen LogP contribution in [0.25, 0.3) is 0 Å². The number of hydrogen-bond donors (Lipinski definition) is 2. The molecule has 0 bridgehead atoms. The number of nitrogens with zero attached hydrogens (tertiary/aromatic N) is 2. The monoisotopic (exact) mass is 328 g/mol. The summed E-state index contributed by atoms with van der Waals surface area (Å²) in [7, 11) is 2.00. The van der Waals surface area contributed by atoms with Crippen molar-refractivity contribution in [2.75, 3.05) is 52.9 Å². The molecule has 1 fully saturated rings. The molecule has 0 aromatic rings. The highest BCUT2D eigenvalue weighted by Crippen LogP contribution is 1.98. The number of halogens is 2. The molecule has 0 aliphatic carbocycles. The van der Waals surface area contributed by atoms with Crippen LogP contribution in [-0.4, -0.2) is 74.1 Å². The molecule has 1 aliphatic rings. The molecule has 7 heteroatoms. The third-order valence-electron chi connectivity index (χ3n) is 2.94. The van der Waals surface area contributed by atoms with Crippen LogP contribution in [0.15, 0.2) is 0 Å². The lowest BCUT2D eigenvalue weighted by Gasteiger charge is -2.29. The van der Waals surface area contributed by atoms with E-state index in [1.165, 1.54) is 0 Å². The molecule has 122 valence electrons. The lowest BCUT2D eigenvalue weighted by molar-refractivity contribution is -0.123. The first-order valence-corrected chi connectivity index (χ1v) is 6.79. The van der Waals surface area contributed by atoms with E-state index >= 15 is 0 Å². The van der Waals surface area contributed by atoms with Crippen molar-refractivity contribution in [2.45, 2.75) is 26.3 Å². The van der Waals surface area contributed by atoms with Gasteiger partial charge in [-0.1, -0.05) is 0 Å². The van der Waals surface area contributed by atoms with Gasteiger partial charge in [-0.05, 0) is 27.8 Å². The molecule has 20 heavy (non-hydrogen) atoms. The Morgan fingerprint density at radius 2 is 1.80 bits per heavy atom. The van der Waals surface area contributed by atoms with E-state index in [-0.39, 0.29) is 36.3 Å². The third kappa shape index (κ3) is 10.7. The molecule has 0 aromatic carbocycles. The van der Waals surface area contributed by atoms with Crippen LogP contribution in [-0.2, 0) is 4.79 Å². The van der Waals surface area contributed by atoms with Gasteiger partial charge in [0.15, 0.2) is 0 Å². The minimum Gasteiger partial charge on any atom is -0.350 e. The van der Waals surface area contributed by atoms with Gasteiger partial charge in [-0.3, -0.25) is 14.6 Å². The van der Waals surface area contributed by atoms with Crippen molar-refractivity contribution in [3.05, 3.63) is 0 Å². The van der Waals surface area contributed by atoms with Crippen molar-refractivity contribution in [1.29, 1.82) is 0 Å². The second-order valence-electron chi connectivity index (χ2n) is 6.13. The van der Waals surface area contributed by atoms with Crippen LogP contribution in [0.1, 0.15) is 20.8 Å². The highest BCUT2D eigenvalue weighted by atomic mass is 35.5. The van der Waals surface area contributed by atoms with Crippen LogP contribution < -0.4 is 10.6 Å². The molecule has 0 atom stereocenters. The maximum Gasteiger partial charge on any atom is 0.234 e. The van der Waals surface area contributed by atoms with E-state index in [1.807, 2.05) is 27.8 Å². The van der Waals surface area contributed by atoms with E-state index < -0.39 is 0 Å². The van der Waals surface area contributed by atoms with Gasteiger partial charge >= 0.3 is 0 Å². The molecule has 0 saturated carbocycles. The largest absolute Gasteiger partial charge is 0.350 e. The third-order valence-corrected chi connectivity index (χ3v) is 2.94. The van der Waals surface area contributed by atoms with Gasteiger partial charge in [0.2, 0.25) is 5.91 Å².